The highest BCUT2D eigenvalue weighted by molar-refractivity contribution is 5.10. The van der Waals surface area contributed by atoms with Gasteiger partial charge in [-0.3, -0.25) is 4.68 Å². The van der Waals surface area contributed by atoms with Crippen molar-refractivity contribution < 1.29 is 4.74 Å². The highest BCUT2D eigenvalue weighted by Gasteiger charge is 2.23. The molecule has 0 aliphatic rings. The van der Waals surface area contributed by atoms with E-state index in [1.54, 1.807) is 7.11 Å². The van der Waals surface area contributed by atoms with E-state index in [1.807, 2.05) is 0 Å². The summed E-state index contributed by atoms with van der Waals surface area (Å²) in [6, 6.07) is 2.62. The van der Waals surface area contributed by atoms with Gasteiger partial charge < -0.3 is 10.1 Å². The SMILES string of the molecule is CCCNC(Cc1cc(C)nn1CC)CC(C)(C)OC. The first-order chi connectivity index (χ1) is 9.41. The largest absolute Gasteiger partial charge is 0.379 e. The van der Waals surface area contributed by atoms with Gasteiger partial charge in [-0.05, 0) is 53.1 Å². The van der Waals surface area contributed by atoms with E-state index in [2.05, 4.69) is 55.8 Å². The van der Waals surface area contributed by atoms with Gasteiger partial charge in [0.15, 0.2) is 0 Å². The molecule has 116 valence electrons. The summed E-state index contributed by atoms with van der Waals surface area (Å²) in [6.07, 6.45) is 3.15. The van der Waals surface area contributed by atoms with E-state index in [-0.39, 0.29) is 5.60 Å². The van der Waals surface area contributed by atoms with Crippen LogP contribution in [-0.4, -0.2) is 35.1 Å². The van der Waals surface area contributed by atoms with Crippen molar-refractivity contribution in [3.05, 3.63) is 17.5 Å². The van der Waals surface area contributed by atoms with Crippen molar-refractivity contribution in [1.29, 1.82) is 0 Å². The fraction of sp³-hybridized carbons (Fsp3) is 0.812. The van der Waals surface area contributed by atoms with Gasteiger partial charge in [0.2, 0.25) is 0 Å². The number of methoxy groups -OCH3 is 1. The molecule has 1 aromatic heterocycles. The molecule has 20 heavy (non-hydrogen) atoms. The number of ether oxygens (including phenoxy) is 1. The summed E-state index contributed by atoms with van der Waals surface area (Å²) in [4.78, 5) is 0. The molecule has 0 saturated carbocycles. The molecule has 1 heterocycles. The molecule has 0 fully saturated rings. The van der Waals surface area contributed by atoms with Crippen LogP contribution < -0.4 is 5.32 Å². The summed E-state index contributed by atoms with van der Waals surface area (Å²) in [5.74, 6) is 0. The zero-order valence-corrected chi connectivity index (χ0v) is 14.0. The van der Waals surface area contributed by atoms with Crippen LogP contribution in [0.3, 0.4) is 0 Å². The average molecular weight is 281 g/mol. The second-order valence-electron chi connectivity index (χ2n) is 6.12. The number of aromatic nitrogens is 2. The predicted octanol–water partition coefficient (Wildman–Crippen LogP) is 2.94. The molecule has 4 heteroatoms. The van der Waals surface area contributed by atoms with Crippen molar-refractivity contribution >= 4 is 0 Å². The lowest BCUT2D eigenvalue weighted by Crippen LogP contribution is -2.39. The van der Waals surface area contributed by atoms with E-state index in [4.69, 9.17) is 4.74 Å². The van der Waals surface area contributed by atoms with Crippen molar-refractivity contribution in [3.63, 3.8) is 0 Å². The quantitative estimate of drug-likeness (QED) is 0.756. The molecule has 1 atom stereocenters. The monoisotopic (exact) mass is 281 g/mol. The number of nitrogens with zero attached hydrogens (tertiary/aromatic N) is 2. The summed E-state index contributed by atoms with van der Waals surface area (Å²) in [6.45, 7) is 12.7. The summed E-state index contributed by atoms with van der Waals surface area (Å²) in [5.41, 5.74) is 2.31. The normalized spacial score (nSPS) is 13.7. The van der Waals surface area contributed by atoms with Crippen LogP contribution in [0.2, 0.25) is 0 Å². The summed E-state index contributed by atoms with van der Waals surface area (Å²) in [5, 5.41) is 8.18. The zero-order chi connectivity index (χ0) is 15.2. The van der Waals surface area contributed by atoms with Crippen LogP contribution >= 0.6 is 0 Å². The lowest BCUT2D eigenvalue weighted by Gasteiger charge is -2.29. The van der Waals surface area contributed by atoms with Crippen LogP contribution in [0.5, 0.6) is 0 Å². The number of nitrogens with one attached hydrogen (secondary N) is 1. The van der Waals surface area contributed by atoms with Crippen LogP contribution in [-0.2, 0) is 17.7 Å². The second-order valence-corrected chi connectivity index (χ2v) is 6.12. The topological polar surface area (TPSA) is 39.1 Å². The van der Waals surface area contributed by atoms with E-state index in [0.717, 1.165) is 38.0 Å². The predicted molar refractivity (Wildman–Crippen MR) is 84.1 cm³/mol. The van der Waals surface area contributed by atoms with E-state index in [1.165, 1.54) is 5.69 Å². The summed E-state index contributed by atoms with van der Waals surface area (Å²) >= 11 is 0. The summed E-state index contributed by atoms with van der Waals surface area (Å²) < 4.78 is 7.69. The molecule has 0 aliphatic heterocycles. The Labute approximate surface area is 123 Å². The van der Waals surface area contributed by atoms with Gasteiger partial charge in [-0.25, -0.2) is 0 Å². The van der Waals surface area contributed by atoms with Gasteiger partial charge in [0.1, 0.15) is 0 Å². The highest BCUT2D eigenvalue weighted by atomic mass is 16.5. The molecule has 0 saturated heterocycles. The minimum atomic E-state index is -0.0997. The first-order valence-electron chi connectivity index (χ1n) is 7.73. The maximum atomic E-state index is 5.59. The average Bonchev–Trinajstić information content (AvgIpc) is 2.75. The lowest BCUT2D eigenvalue weighted by atomic mass is 9.95. The first kappa shape index (κ1) is 17.2. The van der Waals surface area contributed by atoms with E-state index in [9.17, 15) is 0 Å². The number of hydrogen-bond acceptors (Lipinski definition) is 3. The van der Waals surface area contributed by atoms with Gasteiger partial charge in [-0.2, -0.15) is 5.10 Å². The highest BCUT2D eigenvalue weighted by Crippen LogP contribution is 2.19. The molecule has 0 aromatic carbocycles. The van der Waals surface area contributed by atoms with Crippen LogP contribution in [0.25, 0.3) is 0 Å². The van der Waals surface area contributed by atoms with Gasteiger partial charge in [0.25, 0.3) is 0 Å². The Bertz CT molecular complexity index is 398. The molecule has 0 aliphatic carbocycles. The zero-order valence-electron chi connectivity index (χ0n) is 14.0. The second kappa shape index (κ2) is 7.79. The molecule has 4 nitrogen and oxygen atoms in total. The Kier molecular flexibility index (Phi) is 6.69. The molecular formula is C16H31N3O. The van der Waals surface area contributed by atoms with Gasteiger partial charge in [0, 0.05) is 31.8 Å². The molecule has 0 amide bonds. The van der Waals surface area contributed by atoms with Crippen LogP contribution in [0, 0.1) is 6.92 Å². The molecule has 1 rings (SSSR count). The third kappa shape index (κ3) is 5.25. The Morgan fingerprint density at radius 1 is 1.40 bits per heavy atom. The molecular weight excluding hydrogens is 250 g/mol. The van der Waals surface area contributed by atoms with Crippen molar-refractivity contribution in [3.8, 4) is 0 Å². The van der Waals surface area contributed by atoms with Gasteiger partial charge in [0.05, 0.1) is 11.3 Å². The van der Waals surface area contributed by atoms with E-state index >= 15 is 0 Å². The Morgan fingerprint density at radius 2 is 2.10 bits per heavy atom. The first-order valence-corrected chi connectivity index (χ1v) is 7.73. The molecule has 0 radical (unpaired) electrons. The number of rotatable bonds is 9. The number of aryl methyl sites for hydroxylation is 2. The maximum absolute atomic E-state index is 5.59. The lowest BCUT2D eigenvalue weighted by molar-refractivity contribution is 0.00699. The Morgan fingerprint density at radius 3 is 2.65 bits per heavy atom. The van der Waals surface area contributed by atoms with Crippen molar-refractivity contribution in [2.24, 2.45) is 0 Å². The molecule has 0 spiro atoms. The minimum absolute atomic E-state index is 0.0997. The third-order valence-electron chi connectivity index (χ3n) is 3.71. The fourth-order valence-corrected chi connectivity index (χ4v) is 2.53. The number of hydrogen-bond donors (Lipinski definition) is 1. The molecule has 0 bridgehead atoms. The van der Waals surface area contributed by atoms with Gasteiger partial charge in [-0.1, -0.05) is 6.92 Å². The van der Waals surface area contributed by atoms with Crippen LogP contribution in [0.15, 0.2) is 6.07 Å². The Hall–Kier alpha value is -0.870. The fourth-order valence-electron chi connectivity index (χ4n) is 2.53. The maximum Gasteiger partial charge on any atom is 0.0637 e. The van der Waals surface area contributed by atoms with Crippen LogP contribution in [0.1, 0.15) is 51.9 Å². The molecule has 1 unspecified atom stereocenters. The van der Waals surface area contributed by atoms with E-state index < -0.39 is 0 Å². The van der Waals surface area contributed by atoms with Gasteiger partial charge >= 0.3 is 0 Å². The van der Waals surface area contributed by atoms with Gasteiger partial charge in [-0.15, -0.1) is 0 Å². The minimum Gasteiger partial charge on any atom is -0.379 e. The summed E-state index contributed by atoms with van der Waals surface area (Å²) in [7, 11) is 1.79. The van der Waals surface area contributed by atoms with Crippen molar-refractivity contribution in [2.75, 3.05) is 13.7 Å². The smallest absolute Gasteiger partial charge is 0.0637 e. The standard InChI is InChI=1S/C16H31N3O/c1-7-9-17-14(12-16(4,5)20-6)11-15-10-13(3)18-19(15)8-2/h10,14,17H,7-9,11-12H2,1-6H3. The van der Waals surface area contributed by atoms with Crippen LogP contribution in [0.4, 0.5) is 0 Å². The van der Waals surface area contributed by atoms with Crippen molar-refractivity contribution in [1.82, 2.24) is 15.1 Å². The van der Waals surface area contributed by atoms with Crippen molar-refractivity contribution in [2.45, 2.75) is 72.1 Å². The Balaban J connectivity index is 2.77. The molecule has 1 aromatic rings. The van der Waals surface area contributed by atoms with E-state index in [0.29, 0.717) is 6.04 Å². The molecule has 1 N–H and O–H groups in total. The third-order valence-corrected chi connectivity index (χ3v) is 3.71.